The highest BCUT2D eigenvalue weighted by Crippen LogP contribution is 2.75. The summed E-state index contributed by atoms with van der Waals surface area (Å²) >= 11 is 12.8. The van der Waals surface area contributed by atoms with Gasteiger partial charge in [-0.15, -0.1) is 0 Å². The van der Waals surface area contributed by atoms with Crippen molar-refractivity contribution < 1.29 is 14.3 Å². The highest BCUT2D eigenvalue weighted by Gasteiger charge is 2.70. The van der Waals surface area contributed by atoms with Gasteiger partial charge >= 0.3 is 5.97 Å². The Labute approximate surface area is 269 Å². The summed E-state index contributed by atoms with van der Waals surface area (Å²) in [5.74, 6) is 1.79. The van der Waals surface area contributed by atoms with Crippen LogP contribution in [0.5, 0.6) is 0 Å². The summed E-state index contributed by atoms with van der Waals surface area (Å²) in [4.78, 5) is 28.0. The topological polar surface area (TPSA) is 43.4 Å². The average molecular weight is 626 g/mol. The number of allylic oxidation sites excluding steroid dienone is 3. The van der Waals surface area contributed by atoms with Gasteiger partial charge < -0.3 is 4.74 Å². The average Bonchev–Trinajstić information content (AvgIpc) is 2.95. The predicted octanol–water partition coefficient (Wildman–Crippen LogP) is 10.4. The molecule has 10 atom stereocenters. The van der Waals surface area contributed by atoms with Crippen molar-refractivity contribution in [2.24, 2.45) is 56.7 Å². The van der Waals surface area contributed by atoms with E-state index in [0.29, 0.717) is 45.2 Å². The summed E-state index contributed by atoms with van der Waals surface area (Å²) in [6.45, 7) is 16.9. The van der Waals surface area contributed by atoms with Crippen LogP contribution in [0.1, 0.15) is 105 Å². The van der Waals surface area contributed by atoms with Crippen LogP contribution in [0.25, 0.3) is 6.08 Å². The molecule has 0 radical (unpaired) electrons. The number of ketones is 1. The number of fused-ring (bicyclic) bond motifs is 7. The second kappa shape index (κ2) is 10.2. The second-order valence-electron chi connectivity index (χ2n) is 16.3. The molecule has 0 heterocycles. The number of hydrogen-bond donors (Lipinski definition) is 0. The second-order valence-corrected chi connectivity index (χ2v) is 17.2. The molecule has 1 aromatic rings. The van der Waals surface area contributed by atoms with E-state index in [1.165, 1.54) is 32.8 Å². The number of halogens is 2. The Morgan fingerprint density at radius 1 is 0.977 bits per heavy atom. The third kappa shape index (κ3) is 4.18. The molecule has 0 bridgehead atoms. The Kier molecular flexibility index (Phi) is 7.46. The normalized spacial score (nSPS) is 46.7. The molecule has 0 unspecified atom stereocenters. The van der Waals surface area contributed by atoms with Crippen LogP contribution in [0.2, 0.25) is 10.0 Å². The predicted molar refractivity (Wildman–Crippen MR) is 176 cm³/mol. The van der Waals surface area contributed by atoms with Gasteiger partial charge in [0.25, 0.3) is 0 Å². The molecule has 1 aromatic carbocycles. The van der Waals surface area contributed by atoms with E-state index in [2.05, 4.69) is 47.6 Å². The maximum Gasteiger partial charge on any atom is 0.319 e. The van der Waals surface area contributed by atoms with E-state index >= 15 is 0 Å². The quantitative estimate of drug-likeness (QED) is 0.142. The minimum absolute atomic E-state index is 0.0739. The van der Waals surface area contributed by atoms with Crippen molar-refractivity contribution in [1.82, 2.24) is 0 Å². The standard InChI is InChI=1S/C38H50Cl2O3/c1-22-13-15-34(3)17-18-36(5)27(31(34)23(22)2)11-12-29-35(4)21-25(19-24-9-10-26(39)20-28(24)40)32(41)38(7,33(42)43-8)30(35)14-16-37(29,36)6/h9-11,19-20,22-23,29-31H,12-18,21H2,1-8H3/b25-19+/t22-,23+,29-,30-,31+,34-,35-,36-,37-,38-/m1/s1. The largest absolute Gasteiger partial charge is 0.468 e. The number of methoxy groups -OCH3 is 1. The number of carbonyl (C=O) groups excluding carboxylic acids is 2. The Hall–Kier alpha value is -1.58. The Bertz CT molecular complexity index is 1430. The Balaban J connectivity index is 1.49. The maximum atomic E-state index is 14.4. The van der Waals surface area contributed by atoms with Gasteiger partial charge in [0.2, 0.25) is 0 Å². The number of benzene rings is 1. The van der Waals surface area contributed by atoms with Crippen molar-refractivity contribution in [1.29, 1.82) is 0 Å². The summed E-state index contributed by atoms with van der Waals surface area (Å²) in [5.41, 5.74) is 2.22. The first kappa shape index (κ1) is 31.4. The molecule has 5 aliphatic rings. The molecule has 5 aliphatic carbocycles. The van der Waals surface area contributed by atoms with Crippen LogP contribution in [0, 0.1) is 56.7 Å². The van der Waals surface area contributed by atoms with Crippen molar-refractivity contribution >= 4 is 41.0 Å². The fraction of sp³-hybridized carbons (Fsp3) is 0.684. The fourth-order valence-electron chi connectivity index (χ4n) is 11.8. The Morgan fingerprint density at radius 2 is 1.70 bits per heavy atom. The van der Waals surface area contributed by atoms with Crippen LogP contribution >= 0.6 is 23.2 Å². The highest BCUT2D eigenvalue weighted by atomic mass is 35.5. The monoisotopic (exact) mass is 624 g/mol. The number of rotatable bonds is 2. The van der Waals surface area contributed by atoms with Gasteiger partial charge in [0, 0.05) is 10.0 Å². The van der Waals surface area contributed by atoms with Gasteiger partial charge in [-0.25, -0.2) is 0 Å². The lowest BCUT2D eigenvalue weighted by Crippen LogP contribution is -2.66. The molecule has 6 rings (SSSR count). The Morgan fingerprint density at radius 3 is 2.37 bits per heavy atom. The van der Waals surface area contributed by atoms with Crippen molar-refractivity contribution in [3.8, 4) is 0 Å². The maximum absolute atomic E-state index is 14.4. The molecule has 0 spiro atoms. The van der Waals surface area contributed by atoms with Gasteiger partial charge in [-0.2, -0.15) is 0 Å². The molecule has 0 amide bonds. The van der Waals surface area contributed by atoms with Crippen LogP contribution < -0.4 is 0 Å². The summed E-state index contributed by atoms with van der Waals surface area (Å²) in [5, 5.41) is 1.06. The van der Waals surface area contributed by atoms with E-state index in [-0.39, 0.29) is 27.9 Å². The first-order valence-corrected chi connectivity index (χ1v) is 17.3. The smallest absolute Gasteiger partial charge is 0.319 e. The molecule has 4 fully saturated rings. The zero-order valence-corrected chi connectivity index (χ0v) is 28.9. The van der Waals surface area contributed by atoms with Gasteiger partial charge in [0.15, 0.2) is 5.78 Å². The van der Waals surface area contributed by atoms with E-state index in [1.54, 1.807) is 17.7 Å². The molecule has 234 valence electrons. The van der Waals surface area contributed by atoms with Crippen LogP contribution in [0.15, 0.2) is 35.4 Å². The van der Waals surface area contributed by atoms with Crippen molar-refractivity contribution in [2.75, 3.05) is 7.11 Å². The number of ether oxygens (including phenoxy) is 1. The highest BCUT2D eigenvalue weighted by molar-refractivity contribution is 6.35. The molecule has 3 nitrogen and oxygen atoms in total. The number of carbonyl (C=O) groups is 2. The van der Waals surface area contributed by atoms with E-state index in [0.717, 1.165) is 30.7 Å². The first-order chi connectivity index (χ1) is 20.1. The first-order valence-electron chi connectivity index (χ1n) is 16.6. The van der Waals surface area contributed by atoms with E-state index in [4.69, 9.17) is 27.9 Å². The molecular weight excluding hydrogens is 575 g/mol. The third-order valence-electron chi connectivity index (χ3n) is 14.6. The fourth-order valence-corrected chi connectivity index (χ4v) is 12.2. The van der Waals surface area contributed by atoms with Crippen molar-refractivity contribution in [2.45, 2.75) is 99.8 Å². The zero-order chi connectivity index (χ0) is 31.3. The zero-order valence-electron chi connectivity index (χ0n) is 27.4. The van der Waals surface area contributed by atoms with Crippen molar-refractivity contribution in [3.63, 3.8) is 0 Å². The summed E-state index contributed by atoms with van der Waals surface area (Å²) in [6, 6.07) is 5.37. The third-order valence-corrected chi connectivity index (χ3v) is 15.2. The molecule has 0 N–H and O–H groups in total. The van der Waals surface area contributed by atoms with Gasteiger partial charge in [-0.1, -0.05) is 82.5 Å². The van der Waals surface area contributed by atoms with E-state index in [9.17, 15) is 9.59 Å². The SMILES string of the molecule is COC(=O)[C@@]1(C)C(=O)/C(=C/c2ccc(Cl)cc2Cl)C[C@]2(C)[C@H]3CC=C4[C@@H]5[C@@H](C)[C@H](C)CC[C@]5(C)CC[C@@]4(C)[C@]3(C)CC[C@@H]12. The van der Waals surface area contributed by atoms with Crippen LogP contribution in [0.3, 0.4) is 0 Å². The number of Topliss-reactive ketones (excluding diaryl/α,β-unsaturated/α-hetero) is 1. The molecule has 0 aromatic heterocycles. The molecular formula is C38H50Cl2O3. The number of esters is 1. The number of hydrogen-bond acceptors (Lipinski definition) is 3. The van der Waals surface area contributed by atoms with Crippen LogP contribution in [0.4, 0.5) is 0 Å². The lowest BCUT2D eigenvalue weighted by molar-refractivity contribution is -0.192. The van der Waals surface area contributed by atoms with E-state index < -0.39 is 11.4 Å². The minimum atomic E-state index is -1.24. The molecule has 0 saturated heterocycles. The molecule has 5 heteroatoms. The van der Waals surface area contributed by atoms with E-state index in [1.807, 2.05) is 19.1 Å². The van der Waals surface area contributed by atoms with Crippen LogP contribution in [-0.2, 0) is 14.3 Å². The summed E-state index contributed by atoms with van der Waals surface area (Å²) in [6.07, 6.45) is 13.3. The molecule has 43 heavy (non-hydrogen) atoms. The van der Waals surface area contributed by atoms with Gasteiger partial charge in [0.05, 0.1) is 7.11 Å². The lowest BCUT2D eigenvalue weighted by Gasteiger charge is -2.71. The minimum Gasteiger partial charge on any atom is -0.468 e. The van der Waals surface area contributed by atoms with Crippen molar-refractivity contribution in [3.05, 3.63) is 51.0 Å². The van der Waals surface area contributed by atoms with Gasteiger partial charge in [0.1, 0.15) is 5.41 Å². The lowest BCUT2D eigenvalue weighted by atomic mass is 9.33. The molecule has 0 aliphatic heterocycles. The summed E-state index contributed by atoms with van der Waals surface area (Å²) < 4.78 is 5.41. The van der Waals surface area contributed by atoms with Crippen LogP contribution in [-0.4, -0.2) is 18.9 Å². The van der Waals surface area contributed by atoms with Gasteiger partial charge in [-0.05, 0) is 139 Å². The summed E-state index contributed by atoms with van der Waals surface area (Å²) in [7, 11) is 1.42. The molecule has 4 saturated carbocycles. The van der Waals surface area contributed by atoms with Gasteiger partial charge in [-0.3, -0.25) is 9.59 Å².